The molecule has 0 saturated carbocycles. The van der Waals surface area contributed by atoms with Gasteiger partial charge in [-0.15, -0.1) is 0 Å². The van der Waals surface area contributed by atoms with Crippen molar-refractivity contribution >= 4 is 55.0 Å². The summed E-state index contributed by atoms with van der Waals surface area (Å²) in [6.07, 6.45) is 7.38. The summed E-state index contributed by atoms with van der Waals surface area (Å²) >= 11 is 1.17. The van der Waals surface area contributed by atoms with Crippen LogP contribution in [0.3, 0.4) is 0 Å². The summed E-state index contributed by atoms with van der Waals surface area (Å²) in [5.74, 6) is 0. The Hall–Kier alpha value is -3.50. The van der Waals surface area contributed by atoms with Crippen molar-refractivity contribution in [2.75, 3.05) is 11.6 Å². The fourth-order valence-corrected chi connectivity index (χ4v) is 4.60. The monoisotopic (exact) mass is 434 g/mol. The molecule has 3 heterocycles. The Balaban J connectivity index is 1.68. The van der Waals surface area contributed by atoms with E-state index in [0.29, 0.717) is 16.9 Å². The van der Waals surface area contributed by atoms with Crippen LogP contribution >= 0.6 is 11.7 Å². The molecule has 1 N–H and O–H groups in total. The maximum Gasteiger partial charge on any atom is 0.177 e. The fourth-order valence-electron chi connectivity index (χ4n) is 3.27. The Bertz CT molecular complexity index is 1510. The zero-order valence-corrected chi connectivity index (χ0v) is 17.3. The second kappa shape index (κ2) is 7.08. The lowest BCUT2D eigenvalue weighted by Gasteiger charge is -2.13. The number of rotatable bonds is 4. The van der Waals surface area contributed by atoms with Crippen LogP contribution < -0.4 is 5.32 Å². The first kappa shape index (κ1) is 18.5. The molecule has 5 rings (SSSR count). The van der Waals surface area contributed by atoms with E-state index in [1.54, 1.807) is 12.4 Å². The second-order valence-corrected chi connectivity index (χ2v) is 9.20. The van der Waals surface area contributed by atoms with E-state index >= 15 is 0 Å². The number of hydrogen-bond acceptors (Lipinski definition) is 9. The van der Waals surface area contributed by atoms with Gasteiger partial charge in [0.2, 0.25) is 0 Å². The number of nitrogens with zero attached hydrogens (tertiary/aromatic N) is 5. The zero-order valence-electron chi connectivity index (χ0n) is 15.6. The number of hydrogen-bond donors (Lipinski definition) is 1. The lowest BCUT2D eigenvalue weighted by Crippen LogP contribution is -2.03. The van der Waals surface area contributed by atoms with E-state index in [-0.39, 0.29) is 4.90 Å². The normalized spacial score (nSPS) is 11.8. The van der Waals surface area contributed by atoms with Crippen molar-refractivity contribution in [2.24, 2.45) is 0 Å². The van der Waals surface area contributed by atoms with Gasteiger partial charge in [0, 0.05) is 36.1 Å². The molecule has 0 atom stereocenters. The molecule has 0 bridgehead atoms. The van der Waals surface area contributed by atoms with E-state index in [0.717, 1.165) is 27.7 Å². The molecule has 5 aromatic rings. The number of benzene rings is 2. The minimum Gasteiger partial charge on any atom is -0.353 e. The lowest BCUT2D eigenvalue weighted by atomic mass is 10.0. The molecule has 0 fully saturated rings. The van der Waals surface area contributed by atoms with Crippen molar-refractivity contribution < 1.29 is 8.42 Å². The summed E-state index contributed by atoms with van der Waals surface area (Å²) in [5.41, 5.74) is 5.89. The van der Waals surface area contributed by atoms with Crippen LogP contribution in [0.15, 0.2) is 66.1 Å². The summed E-state index contributed by atoms with van der Waals surface area (Å²) in [6.45, 7) is 0. The van der Waals surface area contributed by atoms with Crippen LogP contribution in [0, 0.1) is 0 Å². The SMILES string of the molecule is CS(=O)(=O)c1ccncc1Nc1cc(-c2ccc3nsnc3c2)c2nccnc2c1. The van der Waals surface area contributed by atoms with Crippen LogP contribution in [0.2, 0.25) is 0 Å². The molecule has 0 aliphatic carbocycles. The molecule has 3 aromatic heterocycles. The van der Waals surface area contributed by atoms with Crippen molar-refractivity contribution in [3.63, 3.8) is 0 Å². The smallest absolute Gasteiger partial charge is 0.177 e. The quantitative estimate of drug-likeness (QED) is 0.454. The van der Waals surface area contributed by atoms with Gasteiger partial charge in [0.1, 0.15) is 11.0 Å². The van der Waals surface area contributed by atoms with Crippen LogP contribution in [0.1, 0.15) is 0 Å². The predicted molar refractivity (Wildman–Crippen MR) is 117 cm³/mol. The third-order valence-electron chi connectivity index (χ3n) is 4.60. The van der Waals surface area contributed by atoms with Gasteiger partial charge in [0.05, 0.1) is 39.5 Å². The minimum absolute atomic E-state index is 0.174. The number of sulfone groups is 1. The van der Waals surface area contributed by atoms with Crippen LogP contribution in [0.4, 0.5) is 11.4 Å². The number of nitrogens with one attached hydrogen (secondary N) is 1. The highest BCUT2D eigenvalue weighted by atomic mass is 32.2. The van der Waals surface area contributed by atoms with Gasteiger partial charge >= 0.3 is 0 Å². The number of pyridine rings is 1. The Morgan fingerprint density at radius 3 is 2.60 bits per heavy atom. The van der Waals surface area contributed by atoms with Gasteiger partial charge in [0.25, 0.3) is 0 Å². The molecule has 2 aromatic carbocycles. The highest BCUT2D eigenvalue weighted by molar-refractivity contribution is 7.90. The summed E-state index contributed by atoms with van der Waals surface area (Å²) in [4.78, 5) is 13.2. The molecular formula is C20H14N6O2S2. The molecule has 148 valence electrons. The molecule has 0 unspecified atom stereocenters. The Labute approximate surface area is 175 Å². The number of fused-ring (bicyclic) bond motifs is 2. The van der Waals surface area contributed by atoms with Gasteiger partial charge in [-0.05, 0) is 35.9 Å². The molecule has 10 heteroatoms. The molecule has 0 amide bonds. The highest BCUT2D eigenvalue weighted by Crippen LogP contribution is 2.33. The van der Waals surface area contributed by atoms with Crippen LogP contribution in [0.25, 0.3) is 33.2 Å². The maximum absolute atomic E-state index is 12.1. The standard InChI is InChI=1S/C20H14N6O2S2/c1-30(27,28)19-4-5-21-11-18(19)24-13-9-14(20-17(10-13)22-6-7-23-20)12-2-3-15-16(8-12)26-29-25-15/h2-11,24H,1H3. The molecule has 0 radical (unpaired) electrons. The molecular weight excluding hydrogens is 420 g/mol. The Morgan fingerprint density at radius 2 is 1.73 bits per heavy atom. The Kier molecular flexibility index (Phi) is 4.37. The van der Waals surface area contributed by atoms with Crippen molar-refractivity contribution in [3.05, 3.63) is 61.2 Å². The molecule has 0 saturated heterocycles. The summed E-state index contributed by atoms with van der Waals surface area (Å²) in [7, 11) is -3.42. The minimum atomic E-state index is -3.42. The van der Waals surface area contributed by atoms with Gasteiger partial charge in [-0.25, -0.2) is 8.42 Å². The van der Waals surface area contributed by atoms with Crippen molar-refractivity contribution in [3.8, 4) is 11.1 Å². The molecule has 30 heavy (non-hydrogen) atoms. The average molecular weight is 435 g/mol. The lowest BCUT2D eigenvalue weighted by molar-refractivity contribution is 0.602. The van der Waals surface area contributed by atoms with E-state index in [9.17, 15) is 8.42 Å². The highest BCUT2D eigenvalue weighted by Gasteiger charge is 2.15. The van der Waals surface area contributed by atoms with E-state index < -0.39 is 9.84 Å². The van der Waals surface area contributed by atoms with Crippen molar-refractivity contribution in [1.29, 1.82) is 0 Å². The molecule has 8 nitrogen and oxygen atoms in total. The zero-order chi connectivity index (χ0) is 20.7. The first-order valence-electron chi connectivity index (χ1n) is 8.87. The van der Waals surface area contributed by atoms with E-state index in [2.05, 4.69) is 29.0 Å². The topological polar surface area (TPSA) is 111 Å². The fraction of sp³-hybridized carbons (Fsp3) is 0.0500. The second-order valence-electron chi connectivity index (χ2n) is 6.68. The summed E-state index contributed by atoms with van der Waals surface area (Å²) < 4.78 is 32.8. The summed E-state index contributed by atoms with van der Waals surface area (Å²) in [6, 6.07) is 11.0. The average Bonchev–Trinajstić information content (AvgIpc) is 3.21. The van der Waals surface area contributed by atoms with Crippen molar-refractivity contribution in [2.45, 2.75) is 4.90 Å². The van der Waals surface area contributed by atoms with Gasteiger partial charge in [-0.3, -0.25) is 15.0 Å². The third kappa shape index (κ3) is 3.36. The molecule has 0 spiro atoms. The van der Waals surface area contributed by atoms with Gasteiger partial charge in [-0.2, -0.15) is 8.75 Å². The van der Waals surface area contributed by atoms with Gasteiger partial charge in [0.15, 0.2) is 9.84 Å². The first-order chi connectivity index (χ1) is 14.5. The third-order valence-corrected chi connectivity index (χ3v) is 6.31. The molecule has 0 aliphatic heterocycles. The first-order valence-corrected chi connectivity index (χ1v) is 11.5. The molecule has 0 aliphatic rings. The van der Waals surface area contributed by atoms with Crippen LogP contribution in [-0.2, 0) is 9.84 Å². The number of aromatic nitrogens is 5. The van der Waals surface area contributed by atoms with Crippen LogP contribution in [0.5, 0.6) is 0 Å². The predicted octanol–water partition coefficient (Wildman–Crippen LogP) is 3.84. The van der Waals surface area contributed by atoms with Gasteiger partial charge in [-0.1, -0.05) is 6.07 Å². The van der Waals surface area contributed by atoms with E-state index in [4.69, 9.17) is 0 Å². The van der Waals surface area contributed by atoms with Crippen LogP contribution in [-0.4, -0.2) is 38.4 Å². The Morgan fingerprint density at radius 1 is 0.900 bits per heavy atom. The summed E-state index contributed by atoms with van der Waals surface area (Å²) in [5, 5.41) is 3.18. The maximum atomic E-state index is 12.1. The van der Waals surface area contributed by atoms with Gasteiger partial charge < -0.3 is 5.32 Å². The largest absolute Gasteiger partial charge is 0.353 e. The van der Waals surface area contributed by atoms with E-state index in [1.165, 1.54) is 36.4 Å². The van der Waals surface area contributed by atoms with E-state index in [1.807, 2.05) is 30.3 Å². The van der Waals surface area contributed by atoms with Crippen molar-refractivity contribution in [1.82, 2.24) is 23.7 Å². The number of anilines is 2.